The molecule has 23 heavy (non-hydrogen) atoms. The number of amides is 1. The molecule has 1 amide bonds. The van der Waals surface area contributed by atoms with Crippen molar-refractivity contribution in [2.75, 3.05) is 20.1 Å². The lowest BCUT2D eigenvalue weighted by molar-refractivity contribution is 0.00465. The Hall–Kier alpha value is -1.14. The Kier molecular flexibility index (Phi) is 6.03. The SMILES string of the molecule is C[C@H](c1nccs1)N(C)C[C@H]1CCCCN1C(=O)OC(C)(C)C. The minimum Gasteiger partial charge on any atom is -0.444 e. The predicted octanol–water partition coefficient (Wildman–Crippen LogP) is 3.93. The van der Waals surface area contributed by atoms with E-state index in [1.807, 2.05) is 37.2 Å². The van der Waals surface area contributed by atoms with Gasteiger partial charge in [-0.25, -0.2) is 9.78 Å². The molecule has 0 aromatic carbocycles. The van der Waals surface area contributed by atoms with Crippen LogP contribution in [0.25, 0.3) is 0 Å². The third-order valence-electron chi connectivity index (χ3n) is 4.22. The van der Waals surface area contributed by atoms with Crippen molar-refractivity contribution < 1.29 is 9.53 Å². The Morgan fingerprint density at radius 2 is 2.26 bits per heavy atom. The molecule has 0 aliphatic carbocycles. The second-order valence-electron chi connectivity index (χ2n) is 7.31. The van der Waals surface area contributed by atoms with Crippen LogP contribution >= 0.6 is 11.3 Å². The molecule has 2 atom stereocenters. The van der Waals surface area contributed by atoms with Crippen molar-refractivity contribution in [3.63, 3.8) is 0 Å². The van der Waals surface area contributed by atoms with Gasteiger partial charge in [0.1, 0.15) is 10.6 Å². The first-order valence-corrected chi connectivity index (χ1v) is 9.25. The Morgan fingerprint density at radius 3 is 2.87 bits per heavy atom. The Labute approximate surface area is 143 Å². The van der Waals surface area contributed by atoms with Gasteiger partial charge in [-0.05, 0) is 54.0 Å². The van der Waals surface area contributed by atoms with Gasteiger partial charge in [-0.3, -0.25) is 4.90 Å². The van der Waals surface area contributed by atoms with E-state index in [9.17, 15) is 4.79 Å². The number of thiazole rings is 1. The van der Waals surface area contributed by atoms with Crippen LogP contribution in [-0.2, 0) is 4.74 Å². The number of piperidine rings is 1. The van der Waals surface area contributed by atoms with Crippen molar-refractivity contribution in [2.45, 2.75) is 64.6 Å². The molecule has 0 spiro atoms. The van der Waals surface area contributed by atoms with E-state index in [-0.39, 0.29) is 18.2 Å². The van der Waals surface area contributed by atoms with Gasteiger partial charge in [-0.1, -0.05) is 0 Å². The molecule has 130 valence electrons. The summed E-state index contributed by atoms with van der Waals surface area (Å²) < 4.78 is 5.58. The number of hydrogen-bond donors (Lipinski definition) is 0. The highest BCUT2D eigenvalue weighted by Crippen LogP contribution is 2.25. The van der Waals surface area contributed by atoms with E-state index in [1.54, 1.807) is 11.3 Å². The van der Waals surface area contributed by atoms with Crippen LogP contribution in [0.1, 0.15) is 58.0 Å². The number of ether oxygens (including phenoxy) is 1. The molecule has 1 fully saturated rings. The second kappa shape index (κ2) is 7.62. The molecule has 0 unspecified atom stereocenters. The molecule has 6 heteroatoms. The standard InChI is InChI=1S/C17H29N3O2S/c1-13(15-18-9-11-23-15)19(5)12-14-8-6-7-10-20(14)16(21)22-17(2,3)4/h9,11,13-14H,6-8,10,12H2,1-5H3/t13-,14-/m1/s1. The van der Waals surface area contributed by atoms with Crippen molar-refractivity contribution >= 4 is 17.4 Å². The molecule has 1 aliphatic rings. The summed E-state index contributed by atoms with van der Waals surface area (Å²) in [6, 6.07) is 0.475. The summed E-state index contributed by atoms with van der Waals surface area (Å²) in [5.41, 5.74) is -0.445. The van der Waals surface area contributed by atoms with Gasteiger partial charge in [0.2, 0.25) is 0 Å². The van der Waals surface area contributed by atoms with Crippen LogP contribution in [0.4, 0.5) is 4.79 Å². The van der Waals surface area contributed by atoms with Gasteiger partial charge in [0, 0.05) is 30.7 Å². The number of nitrogens with zero attached hydrogens (tertiary/aromatic N) is 3. The van der Waals surface area contributed by atoms with Crippen LogP contribution in [0, 0.1) is 0 Å². The first-order chi connectivity index (χ1) is 10.8. The molecule has 2 heterocycles. The van der Waals surface area contributed by atoms with Gasteiger partial charge in [0.15, 0.2) is 0 Å². The summed E-state index contributed by atoms with van der Waals surface area (Å²) in [6.45, 7) is 9.56. The Bertz CT molecular complexity index is 498. The topological polar surface area (TPSA) is 45.7 Å². The highest BCUT2D eigenvalue weighted by atomic mass is 32.1. The first kappa shape index (κ1) is 18.2. The van der Waals surface area contributed by atoms with E-state index in [2.05, 4.69) is 23.9 Å². The summed E-state index contributed by atoms with van der Waals surface area (Å²) in [6.07, 6.45) is 4.93. The van der Waals surface area contributed by atoms with Gasteiger partial charge in [0.05, 0.1) is 6.04 Å². The van der Waals surface area contributed by atoms with E-state index in [0.717, 1.165) is 30.9 Å². The first-order valence-electron chi connectivity index (χ1n) is 8.37. The maximum atomic E-state index is 12.5. The number of likely N-dealkylation sites (N-methyl/N-ethyl adjacent to an activating group) is 1. The fraction of sp³-hybridized carbons (Fsp3) is 0.765. The Morgan fingerprint density at radius 1 is 1.52 bits per heavy atom. The maximum Gasteiger partial charge on any atom is 0.410 e. The zero-order chi connectivity index (χ0) is 17.0. The lowest BCUT2D eigenvalue weighted by Crippen LogP contribution is -2.50. The zero-order valence-corrected chi connectivity index (χ0v) is 15.7. The number of hydrogen-bond acceptors (Lipinski definition) is 5. The van der Waals surface area contributed by atoms with E-state index >= 15 is 0 Å². The normalized spacial score (nSPS) is 20.6. The van der Waals surface area contributed by atoms with Gasteiger partial charge in [-0.2, -0.15) is 0 Å². The average molecular weight is 340 g/mol. The number of carbonyl (C=O) groups is 1. The van der Waals surface area contributed by atoms with Gasteiger partial charge >= 0.3 is 6.09 Å². The smallest absolute Gasteiger partial charge is 0.410 e. The molecule has 0 bridgehead atoms. The summed E-state index contributed by atoms with van der Waals surface area (Å²) in [5.74, 6) is 0. The van der Waals surface area contributed by atoms with Crippen LogP contribution in [-0.4, -0.2) is 52.7 Å². The zero-order valence-electron chi connectivity index (χ0n) is 14.9. The number of aromatic nitrogens is 1. The highest BCUT2D eigenvalue weighted by molar-refractivity contribution is 7.09. The lowest BCUT2D eigenvalue weighted by Gasteiger charge is -2.39. The van der Waals surface area contributed by atoms with Crippen LogP contribution in [0.3, 0.4) is 0 Å². The molecule has 1 saturated heterocycles. The van der Waals surface area contributed by atoms with Crippen molar-refractivity contribution in [3.8, 4) is 0 Å². The third-order valence-corrected chi connectivity index (χ3v) is 5.17. The van der Waals surface area contributed by atoms with Crippen LogP contribution < -0.4 is 0 Å². The molecule has 0 N–H and O–H groups in total. The molecule has 2 rings (SSSR count). The molecule has 5 nitrogen and oxygen atoms in total. The largest absolute Gasteiger partial charge is 0.444 e. The van der Waals surface area contributed by atoms with E-state index < -0.39 is 5.60 Å². The van der Waals surface area contributed by atoms with Crippen molar-refractivity contribution in [2.24, 2.45) is 0 Å². The van der Waals surface area contributed by atoms with Crippen LogP contribution in [0.15, 0.2) is 11.6 Å². The van der Waals surface area contributed by atoms with Crippen molar-refractivity contribution in [1.82, 2.24) is 14.8 Å². The minimum absolute atomic E-state index is 0.183. The van der Waals surface area contributed by atoms with E-state index in [1.165, 1.54) is 6.42 Å². The fourth-order valence-corrected chi connectivity index (χ4v) is 3.63. The quantitative estimate of drug-likeness (QED) is 0.834. The summed E-state index contributed by atoms with van der Waals surface area (Å²) >= 11 is 1.68. The molecule has 1 aliphatic heterocycles. The van der Waals surface area contributed by atoms with Gasteiger partial charge in [0.25, 0.3) is 0 Å². The second-order valence-corrected chi connectivity index (χ2v) is 8.24. The predicted molar refractivity (Wildman–Crippen MR) is 93.7 cm³/mol. The van der Waals surface area contributed by atoms with E-state index in [0.29, 0.717) is 0 Å². The average Bonchev–Trinajstić information content (AvgIpc) is 2.99. The third kappa shape index (κ3) is 5.18. The Balaban J connectivity index is 1.99. The van der Waals surface area contributed by atoms with E-state index in [4.69, 9.17) is 4.74 Å². The maximum absolute atomic E-state index is 12.5. The van der Waals surface area contributed by atoms with Gasteiger partial charge < -0.3 is 9.64 Å². The lowest BCUT2D eigenvalue weighted by atomic mass is 10.0. The van der Waals surface area contributed by atoms with Crippen LogP contribution in [0.2, 0.25) is 0 Å². The summed E-state index contributed by atoms with van der Waals surface area (Å²) in [5, 5.41) is 3.12. The van der Waals surface area contributed by atoms with Crippen molar-refractivity contribution in [3.05, 3.63) is 16.6 Å². The van der Waals surface area contributed by atoms with Gasteiger partial charge in [-0.15, -0.1) is 11.3 Å². The summed E-state index contributed by atoms with van der Waals surface area (Å²) in [7, 11) is 2.11. The van der Waals surface area contributed by atoms with Crippen LogP contribution in [0.5, 0.6) is 0 Å². The molecular weight excluding hydrogens is 310 g/mol. The molecule has 0 saturated carbocycles. The number of carbonyl (C=O) groups excluding carboxylic acids is 1. The molecule has 0 radical (unpaired) electrons. The minimum atomic E-state index is -0.445. The number of likely N-dealkylation sites (tertiary alicyclic amines) is 1. The fourth-order valence-electron chi connectivity index (χ4n) is 2.87. The molecule has 1 aromatic heterocycles. The highest BCUT2D eigenvalue weighted by Gasteiger charge is 2.32. The molecular formula is C17H29N3O2S. The van der Waals surface area contributed by atoms with Crippen molar-refractivity contribution in [1.29, 1.82) is 0 Å². The summed E-state index contributed by atoms with van der Waals surface area (Å²) in [4.78, 5) is 21.1. The monoisotopic (exact) mass is 339 g/mol. The number of rotatable bonds is 4. The molecule has 1 aromatic rings.